The maximum atomic E-state index is 9.01. The van der Waals surface area contributed by atoms with E-state index >= 15 is 0 Å². The minimum atomic E-state index is -0.464. The molecule has 1 aliphatic rings. The second kappa shape index (κ2) is 8.37. The molecule has 0 heterocycles. The van der Waals surface area contributed by atoms with Crippen LogP contribution >= 0.6 is 0 Å². The Kier molecular flexibility index (Phi) is 7.05. The molecular formula is C16H26O. The Labute approximate surface area is 106 Å². The third-order valence-corrected chi connectivity index (χ3v) is 3.34. The zero-order valence-corrected chi connectivity index (χ0v) is 11.3. The molecule has 0 bridgehead atoms. The van der Waals surface area contributed by atoms with Crippen LogP contribution in [0.4, 0.5) is 0 Å². The third kappa shape index (κ3) is 7.23. The molecule has 0 unspecified atom stereocenters. The Bertz CT molecular complexity index is 280. The van der Waals surface area contributed by atoms with Crippen LogP contribution in [0.1, 0.15) is 58.8 Å². The van der Waals surface area contributed by atoms with Crippen LogP contribution in [-0.2, 0) is 0 Å². The van der Waals surface area contributed by atoms with Crippen molar-refractivity contribution in [1.82, 2.24) is 0 Å². The van der Waals surface area contributed by atoms with Gasteiger partial charge < -0.3 is 5.11 Å². The smallest absolute Gasteiger partial charge is 0.111 e. The quantitative estimate of drug-likeness (QED) is 0.402. The fourth-order valence-corrected chi connectivity index (χ4v) is 2.12. The van der Waals surface area contributed by atoms with Crippen molar-refractivity contribution < 1.29 is 5.11 Å². The van der Waals surface area contributed by atoms with Crippen LogP contribution in [0.3, 0.4) is 0 Å². The highest BCUT2D eigenvalue weighted by atomic mass is 16.3. The van der Waals surface area contributed by atoms with Gasteiger partial charge in [-0.1, -0.05) is 37.8 Å². The second-order valence-corrected chi connectivity index (χ2v) is 5.15. The van der Waals surface area contributed by atoms with Crippen LogP contribution in [0.15, 0.2) is 12.2 Å². The van der Waals surface area contributed by atoms with Gasteiger partial charge in [0, 0.05) is 6.42 Å². The van der Waals surface area contributed by atoms with E-state index in [-0.39, 0.29) is 0 Å². The average molecular weight is 234 g/mol. The van der Waals surface area contributed by atoms with E-state index in [2.05, 4.69) is 30.9 Å². The van der Waals surface area contributed by atoms with Crippen molar-refractivity contribution in [3.8, 4) is 11.8 Å². The number of aliphatic hydroxyl groups excluding tert-OH is 1. The van der Waals surface area contributed by atoms with Crippen LogP contribution in [0, 0.1) is 23.7 Å². The van der Waals surface area contributed by atoms with Crippen molar-refractivity contribution in [3.05, 3.63) is 12.2 Å². The molecule has 1 N–H and O–H groups in total. The highest BCUT2D eigenvalue weighted by molar-refractivity contribution is 5.07. The second-order valence-electron chi connectivity index (χ2n) is 5.15. The highest BCUT2D eigenvalue weighted by Crippen LogP contribution is 2.44. The van der Waals surface area contributed by atoms with Gasteiger partial charge in [0.2, 0.25) is 0 Å². The van der Waals surface area contributed by atoms with Crippen molar-refractivity contribution in [3.63, 3.8) is 0 Å². The van der Waals surface area contributed by atoms with Gasteiger partial charge in [0.05, 0.1) is 0 Å². The summed E-state index contributed by atoms with van der Waals surface area (Å²) >= 11 is 0. The summed E-state index contributed by atoms with van der Waals surface area (Å²) in [5, 5.41) is 9.01. The minimum absolute atomic E-state index is 0.464. The lowest BCUT2D eigenvalue weighted by atomic mass is 10.1. The minimum Gasteiger partial charge on any atom is -0.381 e. The van der Waals surface area contributed by atoms with Crippen molar-refractivity contribution in [2.75, 3.05) is 0 Å². The van der Waals surface area contributed by atoms with Gasteiger partial charge in [-0.05, 0) is 44.4 Å². The molecule has 3 atom stereocenters. The topological polar surface area (TPSA) is 20.2 Å². The van der Waals surface area contributed by atoms with Crippen molar-refractivity contribution in [2.45, 2.75) is 64.9 Å². The fraction of sp³-hybridized carbons (Fsp3) is 0.750. The first-order valence-corrected chi connectivity index (χ1v) is 7.05. The Morgan fingerprint density at radius 2 is 2.06 bits per heavy atom. The van der Waals surface area contributed by atoms with Crippen molar-refractivity contribution in [1.29, 1.82) is 0 Å². The summed E-state index contributed by atoms with van der Waals surface area (Å²) in [5.74, 6) is 7.60. The summed E-state index contributed by atoms with van der Waals surface area (Å²) in [6.07, 6.45) is 12.9. The lowest BCUT2D eigenvalue weighted by Gasteiger charge is -1.94. The van der Waals surface area contributed by atoms with E-state index in [0.29, 0.717) is 0 Å². The predicted octanol–water partition coefficient (Wildman–Crippen LogP) is 3.92. The Morgan fingerprint density at radius 3 is 2.76 bits per heavy atom. The Hall–Kier alpha value is -0.740. The molecule has 1 rings (SSSR count). The molecule has 0 amide bonds. The summed E-state index contributed by atoms with van der Waals surface area (Å²) < 4.78 is 0. The van der Waals surface area contributed by atoms with Gasteiger partial charge in [-0.25, -0.2) is 0 Å². The van der Waals surface area contributed by atoms with Gasteiger partial charge in [0.15, 0.2) is 0 Å². The third-order valence-electron chi connectivity index (χ3n) is 3.34. The van der Waals surface area contributed by atoms with Gasteiger partial charge in [-0.3, -0.25) is 0 Å². The summed E-state index contributed by atoms with van der Waals surface area (Å²) in [6, 6.07) is 0. The summed E-state index contributed by atoms with van der Waals surface area (Å²) in [7, 11) is 0. The molecule has 0 saturated heterocycles. The van der Waals surface area contributed by atoms with E-state index in [4.69, 9.17) is 5.11 Å². The number of aliphatic hydroxyl groups is 1. The normalized spacial score (nSPS) is 24.4. The Balaban J connectivity index is 1.98. The molecule has 0 aliphatic heterocycles. The lowest BCUT2D eigenvalue weighted by Crippen LogP contribution is -1.92. The van der Waals surface area contributed by atoms with Crippen LogP contribution in [0.25, 0.3) is 0 Å². The molecular weight excluding hydrogens is 208 g/mol. The molecule has 0 aromatic carbocycles. The molecule has 96 valence electrons. The van der Waals surface area contributed by atoms with Gasteiger partial charge in [0.1, 0.15) is 6.10 Å². The van der Waals surface area contributed by atoms with Gasteiger partial charge in [-0.2, -0.15) is 0 Å². The standard InChI is InChI=1S/C16H26O/c1-3-4-5-6-7-8-11-15-13-16(15)12-9-10-14(2)17/h6-7,14-17H,3-5,8,11-13H2,1-2H3/b7-6-/t14-,15+,16+/m1/s1. The fourth-order valence-electron chi connectivity index (χ4n) is 2.12. The first-order chi connectivity index (χ1) is 8.24. The summed E-state index contributed by atoms with van der Waals surface area (Å²) in [4.78, 5) is 0. The SMILES string of the molecule is CCCC/C=C\CC[C@H]1C[C@@H]1CC#C[C@@H](C)O. The zero-order valence-electron chi connectivity index (χ0n) is 11.3. The first-order valence-electron chi connectivity index (χ1n) is 7.05. The zero-order chi connectivity index (χ0) is 12.5. The summed E-state index contributed by atoms with van der Waals surface area (Å²) in [6.45, 7) is 3.95. The molecule has 1 fully saturated rings. The summed E-state index contributed by atoms with van der Waals surface area (Å²) in [5.41, 5.74) is 0. The molecule has 17 heavy (non-hydrogen) atoms. The molecule has 1 heteroatoms. The largest absolute Gasteiger partial charge is 0.381 e. The number of unbranched alkanes of at least 4 members (excludes halogenated alkanes) is 2. The first kappa shape index (κ1) is 14.3. The van der Waals surface area contributed by atoms with Gasteiger partial charge in [-0.15, -0.1) is 5.92 Å². The van der Waals surface area contributed by atoms with E-state index < -0.39 is 6.10 Å². The van der Waals surface area contributed by atoms with E-state index in [9.17, 15) is 0 Å². The number of allylic oxidation sites excluding steroid dienone is 2. The van der Waals surface area contributed by atoms with Crippen molar-refractivity contribution >= 4 is 0 Å². The van der Waals surface area contributed by atoms with E-state index in [1.807, 2.05) is 0 Å². The van der Waals surface area contributed by atoms with Crippen LogP contribution < -0.4 is 0 Å². The molecule has 0 aromatic heterocycles. The van der Waals surface area contributed by atoms with Crippen LogP contribution in [-0.4, -0.2) is 11.2 Å². The highest BCUT2D eigenvalue weighted by Gasteiger charge is 2.34. The maximum Gasteiger partial charge on any atom is 0.111 e. The molecule has 1 saturated carbocycles. The molecule has 0 aromatic rings. The molecule has 1 nitrogen and oxygen atoms in total. The van der Waals surface area contributed by atoms with Crippen LogP contribution in [0.5, 0.6) is 0 Å². The number of rotatable bonds is 7. The van der Waals surface area contributed by atoms with Crippen LogP contribution in [0.2, 0.25) is 0 Å². The van der Waals surface area contributed by atoms with E-state index in [0.717, 1.165) is 18.3 Å². The van der Waals surface area contributed by atoms with E-state index in [1.165, 1.54) is 38.5 Å². The van der Waals surface area contributed by atoms with Crippen molar-refractivity contribution in [2.24, 2.45) is 11.8 Å². The number of hydrogen-bond acceptors (Lipinski definition) is 1. The lowest BCUT2D eigenvalue weighted by molar-refractivity contribution is 0.253. The average Bonchev–Trinajstić information content (AvgIpc) is 3.01. The van der Waals surface area contributed by atoms with Gasteiger partial charge in [0.25, 0.3) is 0 Å². The predicted molar refractivity (Wildman–Crippen MR) is 73.6 cm³/mol. The monoisotopic (exact) mass is 234 g/mol. The Morgan fingerprint density at radius 1 is 1.29 bits per heavy atom. The molecule has 0 radical (unpaired) electrons. The maximum absolute atomic E-state index is 9.01. The van der Waals surface area contributed by atoms with Gasteiger partial charge >= 0.3 is 0 Å². The molecule has 1 aliphatic carbocycles. The molecule has 0 spiro atoms. The number of hydrogen-bond donors (Lipinski definition) is 1. The van der Waals surface area contributed by atoms with E-state index in [1.54, 1.807) is 6.92 Å².